The second-order valence-electron chi connectivity index (χ2n) is 3.88. The van der Waals surface area contributed by atoms with Gasteiger partial charge in [0.25, 0.3) is 11.2 Å². The zero-order valence-electron chi connectivity index (χ0n) is 10.2. The smallest absolute Gasteiger partial charge is 0.343 e. The molecule has 2 aromatic rings. The maximum atomic E-state index is 12.0. The molecule has 1 heterocycles. The largest absolute Gasteiger partial charge is 0.465 e. The minimum absolute atomic E-state index is 0.168. The van der Waals surface area contributed by atoms with Crippen LogP contribution in [0.5, 0.6) is 0 Å². The van der Waals surface area contributed by atoms with Crippen molar-refractivity contribution in [2.24, 2.45) is 7.05 Å². The molecule has 0 radical (unpaired) electrons. The van der Waals surface area contributed by atoms with Crippen LogP contribution in [0.15, 0.2) is 29.1 Å². The number of benzene rings is 1. The van der Waals surface area contributed by atoms with Gasteiger partial charge in [-0.1, -0.05) is 6.07 Å². The quantitative estimate of drug-likeness (QED) is 0.461. The lowest BCUT2D eigenvalue weighted by Crippen LogP contribution is -2.25. The number of nitro groups is 1. The number of methoxy groups -OCH3 is 1. The van der Waals surface area contributed by atoms with E-state index in [1.54, 1.807) is 6.07 Å². The number of ether oxygens (including phenoxy) is 1. The summed E-state index contributed by atoms with van der Waals surface area (Å²) < 4.78 is 5.69. The van der Waals surface area contributed by atoms with E-state index in [-0.39, 0.29) is 16.6 Å². The van der Waals surface area contributed by atoms with Gasteiger partial charge in [0.2, 0.25) is 0 Å². The molecule has 0 aliphatic heterocycles. The van der Waals surface area contributed by atoms with Gasteiger partial charge in [0.1, 0.15) is 5.56 Å². The van der Waals surface area contributed by atoms with Crippen LogP contribution in [-0.4, -0.2) is 22.6 Å². The number of aromatic nitrogens is 1. The Labute approximate surface area is 107 Å². The molecule has 0 spiro atoms. The maximum Gasteiger partial charge on any atom is 0.343 e. The van der Waals surface area contributed by atoms with Gasteiger partial charge in [0, 0.05) is 13.1 Å². The summed E-state index contributed by atoms with van der Waals surface area (Å²) in [6, 6.07) is 5.57. The van der Waals surface area contributed by atoms with E-state index in [1.807, 2.05) is 0 Å². The number of nitro benzene ring substituents is 1. The lowest BCUT2D eigenvalue weighted by Gasteiger charge is -2.07. The number of esters is 1. The van der Waals surface area contributed by atoms with Crippen molar-refractivity contribution in [3.05, 3.63) is 50.3 Å². The highest BCUT2D eigenvalue weighted by molar-refractivity contribution is 5.96. The molecule has 0 atom stereocenters. The number of nitrogens with zero attached hydrogens (tertiary/aromatic N) is 2. The van der Waals surface area contributed by atoms with Gasteiger partial charge in [-0.05, 0) is 12.1 Å². The van der Waals surface area contributed by atoms with Gasteiger partial charge in [-0.15, -0.1) is 0 Å². The fourth-order valence-corrected chi connectivity index (χ4v) is 1.89. The van der Waals surface area contributed by atoms with E-state index in [1.165, 1.54) is 29.8 Å². The summed E-state index contributed by atoms with van der Waals surface area (Å²) in [5.41, 5.74) is -0.572. The zero-order valence-corrected chi connectivity index (χ0v) is 10.2. The monoisotopic (exact) mass is 262 g/mol. The molecule has 98 valence electrons. The molecule has 1 aromatic carbocycles. The van der Waals surface area contributed by atoms with Crippen molar-refractivity contribution in [3.63, 3.8) is 0 Å². The molecule has 0 unspecified atom stereocenters. The standard InChI is InChI=1S/C12H10N2O5/c1-13-9-4-3-5-10(14(17)18)7(9)6-8(11(13)15)12(16)19-2/h3-6H,1-2H3. The molecule has 0 saturated carbocycles. The predicted octanol–water partition coefficient (Wildman–Crippen LogP) is 1.23. The molecule has 0 fully saturated rings. The van der Waals surface area contributed by atoms with Crippen LogP contribution in [0.4, 0.5) is 5.69 Å². The lowest BCUT2D eigenvalue weighted by atomic mass is 10.1. The number of pyridine rings is 1. The van der Waals surface area contributed by atoms with Gasteiger partial charge in [-0.25, -0.2) is 4.79 Å². The Morgan fingerprint density at radius 2 is 2.11 bits per heavy atom. The normalized spacial score (nSPS) is 10.4. The topological polar surface area (TPSA) is 91.4 Å². The molecule has 2 rings (SSSR count). The predicted molar refractivity (Wildman–Crippen MR) is 67.2 cm³/mol. The average molecular weight is 262 g/mol. The third-order valence-electron chi connectivity index (χ3n) is 2.85. The van der Waals surface area contributed by atoms with Crippen LogP contribution < -0.4 is 5.56 Å². The molecule has 0 N–H and O–H groups in total. The van der Waals surface area contributed by atoms with Crippen molar-refractivity contribution in [2.75, 3.05) is 7.11 Å². The van der Waals surface area contributed by atoms with Crippen molar-refractivity contribution < 1.29 is 14.5 Å². The summed E-state index contributed by atoms with van der Waals surface area (Å²) in [5.74, 6) is -0.819. The summed E-state index contributed by atoms with van der Waals surface area (Å²) >= 11 is 0. The van der Waals surface area contributed by atoms with Gasteiger partial charge in [-0.2, -0.15) is 0 Å². The SMILES string of the molecule is COC(=O)c1cc2c([N+](=O)[O-])cccc2n(C)c1=O. The van der Waals surface area contributed by atoms with E-state index < -0.39 is 16.5 Å². The number of fused-ring (bicyclic) bond motifs is 1. The van der Waals surface area contributed by atoms with Gasteiger partial charge in [-0.3, -0.25) is 14.9 Å². The van der Waals surface area contributed by atoms with Crippen LogP contribution in [-0.2, 0) is 11.8 Å². The van der Waals surface area contributed by atoms with Crippen molar-refractivity contribution in [2.45, 2.75) is 0 Å². The van der Waals surface area contributed by atoms with Crippen molar-refractivity contribution >= 4 is 22.6 Å². The number of rotatable bonds is 2. The van der Waals surface area contributed by atoms with E-state index in [0.717, 1.165) is 7.11 Å². The molecule has 0 amide bonds. The van der Waals surface area contributed by atoms with E-state index in [4.69, 9.17) is 0 Å². The molecule has 7 heteroatoms. The fraction of sp³-hybridized carbons (Fsp3) is 0.167. The third kappa shape index (κ3) is 1.95. The molecule has 1 aromatic heterocycles. The average Bonchev–Trinajstić information content (AvgIpc) is 2.41. The Bertz CT molecular complexity index is 748. The Morgan fingerprint density at radius 3 is 2.68 bits per heavy atom. The number of carbonyl (C=O) groups is 1. The number of non-ortho nitro benzene ring substituents is 1. The number of hydrogen-bond donors (Lipinski definition) is 0. The van der Waals surface area contributed by atoms with Gasteiger partial charge < -0.3 is 9.30 Å². The highest BCUT2D eigenvalue weighted by Gasteiger charge is 2.19. The maximum absolute atomic E-state index is 12.0. The van der Waals surface area contributed by atoms with E-state index in [0.29, 0.717) is 5.52 Å². The second kappa shape index (κ2) is 4.52. The summed E-state index contributed by atoms with van der Waals surface area (Å²) in [6.07, 6.45) is 0. The summed E-state index contributed by atoms with van der Waals surface area (Å²) in [5, 5.41) is 11.2. The van der Waals surface area contributed by atoms with Gasteiger partial charge in [0.15, 0.2) is 0 Å². The van der Waals surface area contributed by atoms with Crippen LogP contribution in [0.1, 0.15) is 10.4 Å². The van der Waals surface area contributed by atoms with Crippen LogP contribution >= 0.6 is 0 Å². The van der Waals surface area contributed by atoms with E-state index in [9.17, 15) is 19.7 Å². The molecule has 0 saturated heterocycles. The third-order valence-corrected chi connectivity index (χ3v) is 2.85. The van der Waals surface area contributed by atoms with Crippen LogP contribution in [0.25, 0.3) is 10.9 Å². The number of aryl methyl sites for hydroxylation is 1. The first-order valence-corrected chi connectivity index (χ1v) is 5.33. The van der Waals surface area contributed by atoms with Crippen molar-refractivity contribution in [3.8, 4) is 0 Å². The molecule has 19 heavy (non-hydrogen) atoms. The Kier molecular flexibility index (Phi) is 3.04. The van der Waals surface area contributed by atoms with Gasteiger partial charge in [0.05, 0.1) is 22.9 Å². The fourth-order valence-electron chi connectivity index (χ4n) is 1.89. The molecule has 7 nitrogen and oxygen atoms in total. The number of hydrogen-bond acceptors (Lipinski definition) is 5. The lowest BCUT2D eigenvalue weighted by molar-refractivity contribution is -0.383. The first-order valence-electron chi connectivity index (χ1n) is 5.33. The zero-order chi connectivity index (χ0) is 14.2. The van der Waals surface area contributed by atoms with Gasteiger partial charge >= 0.3 is 5.97 Å². The molecular formula is C12H10N2O5. The molecule has 0 bridgehead atoms. The van der Waals surface area contributed by atoms with Crippen LogP contribution in [0.2, 0.25) is 0 Å². The molecular weight excluding hydrogens is 252 g/mol. The molecule has 0 aliphatic carbocycles. The first-order chi connectivity index (χ1) is 8.97. The summed E-state index contributed by atoms with van der Waals surface area (Å²) in [4.78, 5) is 33.9. The second-order valence-corrected chi connectivity index (χ2v) is 3.88. The van der Waals surface area contributed by atoms with Crippen molar-refractivity contribution in [1.82, 2.24) is 4.57 Å². The summed E-state index contributed by atoms with van der Waals surface area (Å²) in [6.45, 7) is 0. The summed E-state index contributed by atoms with van der Waals surface area (Å²) in [7, 11) is 2.59. The highest BCUT2D eigenvalue weighted by Crippen LogP contribution is 2.24. The van der Waals surface area contributed by atoms with Crippen LogP contribution in [0.3, 0.4) is 0 Å². The van der Waals surface area contributed by atoms with E-state index in [2.05, 4.69) is 4.74 Å². The van der Waals surface area contributed by atoms with E-state index >= 15 is 0 Å². The highest BCUT2D eigenvalue weighted by atomic mass is 16.6. The minimum Gasteiger partial charge on any atom is -0.465 e. The first kappa shape index (κ1) is 12.7. The number of carbonyl (C=O) groups excluding carboxylic acids is 1. The Hall–Kier alpha value is -2.70. The molecule has 0 aliphatic rings. The minimum atomic E-state index is -0.819. The van der Waals surface area contributed by atoms with Crippen LogP contribution in [0, 0.1) is 10.1 Å². The Balaban J connectivity index is 2.94. The van der Waals surface area contributed by atoms with Crippen molar-refractivity contribution in [1.29, 1.82) is 0 Å². The Morgan fingerprint density at radius 1 is 1.42 bits per heavy atom.